The number of fused-ring (bicyclic) bond motifs is 1. The van der Waals surface area contributed by atoms with E-state index in [0.717, 1.165) is 41.4 Å². The number of hydrogen-bond acceptors (Lipinski definition) is 2. The summed E-state index contributed by atoms with van der Waals surface area (Å²) in [5.41, 5.74) is 3.51. The fourth-order valence-electron chi connectivity index (χ4n) is 3.49. The highest BCUT2D eigenvalue weighted by Crippen LogP contribution is 2.27. The maximum Gasteiger partial charge on any atom is 0.279 e. The molecule has 1 aliphatic rings. The van der Waals surface area contributed by atoms with Gasteiger partial charge in [-0.3, -0.25) is 0 Å². The summed E-state index contributed by atoms with van der Waals surface area (Å²) in [4.78, 5) is 3.32. The van der Waals surface area contributed by atoms with E-state index in [0.29, 0.717) is 24.6 Å². The van der Waals surface area contributed by atoms with Gasteiger partial charge in [0, 0.05) is 30.7 Å². The van der Waals surface area contributed by atoms with Crippen molar-refractivity contribution in [1.29, 1.82) is 0 Å². The molecule has 5 nitrogen and oxygen atoms in total. The Morgan fingerprint density at radius 2 is 2.00 bits per heavy atom. The monoisotopic (exact) mass is 367 g/mol. The molecule has 1 fully saturated rings. The van der Waals surface area contributed by atoms with Gasteiger partial charge in [0.1, 0.15) is 5.82 Å². The lowest BCUT2D eigenvalue weighted by atomic mass is 10.0. The average molecular weight is 367 g/mol. The van der Waals surface area contributed by atoms with Crippen LogP contribution in [0.1, 0.15) is 43.5 Å². The summed E-state index contributed by atoms with van der Waals surface area (Å²) < 4.78 is 43.2. The number of nitrogens with zero attached hydrogens (tertiary/aromatic N) is 1. The molecule has 0 spiro atoms. The predicted octanol–water partition coefficient (Wildman–Crippen LogP) is 3.24. The lowest BCUT2D eigenvalue weighted by molar-refractivity contribution is 0.285. The number of aryl methyl sites for hydroxylation is 2. The Hall–Kier alpha value is -1.44. The van der Waals surface area contributed by atoms with Crippen LogP contribution >= 0.6 is 0 Å². The molecular formula is C18H26FN3O2S. The summed E-state index contributed by atoms with van der Waals surface area (Å²) >= 11 is 0. The van der Waals surface area contributed by atoms with Crippen LogP contribution in [0.15, 0.2) is 12.1 Å². The average Bonchev–Trinajstić information content (AvgIpc) is 2.89. The van der Waals surface area contributed by atoms with Gasteiger partial charge in [0.05, 0.1) is 5.52 Å². The van der Waals surface area contributed by atoms with Gasteiger partial charge in [-0.25, -0.2) is 4.39 Å². The second kappa shape index (κ2) is 7.05. The largest absolute Gasteiger partial charge is 0.358 e. The van der Waals surface area contributed by atoms with Gasteiger partial charge in [0.25, 0.3) is 10.2 Å². The Labute approximate surface area is 148 Å². The number of hydrogen-bond donors (Lipinski definition) is 2. The van der Waals surface area contributed by atoms with E-state index in [-0.39, 0.29) is 12.4 Å². The maximum absolute atomic E-state index is 14.0. The number of halogens is 1. The van der Waals surface area contributed by atoms with Crippen molar-refractivity contribution in [2.24, 2.45) is 5.92 Å². The molecule has 0 atom stereocenters. The van der Waals surface area contributed by atoms with E-state index >= 15 is 0 Å². The van der Waals surface area contributed by atoms with Crippen molar-refractivity contribution in [2.45, 2.75) is 46.6 Å². The Morgan fingerprint density at radius 3 is 2.64 bits per heavy atom. The SMILES string of the molecule is CCc1[nH]c2c(CNS(=O)(=O)N3CCC(C)CC3)cc(F)cc2c1C. The second-order valence-corrected chi connectivity index (χ2v) is 8.73. The van der Waals surface area contributed by atoms with Gasteiger partial charge in [0.2, 0.25) is 0 Å². The van der Waals surface area contributed by atoms with E-state index in [9.17, 15) is 12.8 Å². The van der Waals surface area contributed by atoms with E-state index in [1.807, 2.05) is 13.8 Å². The molecule has 7 heteroatoms. The maximum atomic E-state index is 14.0. The van der Waals surface area contributed by atoms with E-state index < -0.39 is 10.2 Å². The van der Waals surface area contributed by atoms with Gasteiger partial charge in [0.15, 0.2) is 0 Å². The van der Waals surface area contributed by atoms with Crippen LogP contribution in [0, 0.1) is 18.7 Å². The zero-order valence-corrected chi connectivity index (χ0v) is 15.8. The molecule has 0 saturated carbocycles. The van der Waals surface area contributed by atoms with Gasteiger partial charge < -0.3 is 4.98 Å². The molecule has 1 aliphatic heterocycles. The van der Waals surface area contributed by atoms with Crippen LogP contribution in [0.2, 0.25) is 0 Å². The highest BCUT2D eigenvalue weighted by molar-refractivity contribution is 7.87. The molecule has 1 saturated heterocycles. The molecule has 0 radical (unpaired) electrons. The fourth-order valence-corrected chi connectivity index (χ4v) is 4.70. The van der Waals surface area contributed by atoms with E-state index in [2.05, 4.69) is 16.6 Å². The fraction of sp³-hybridized carbons (Fsp3) is 0.556. The van der Waals surface area contributed by atoms with Crippen LogP contribution in [-0.4, -0.2) is 30.8 Å². The summed E-state index contributed by atoms with van der Waals surface area (Å²) in [5.74, 6) is 0.210. The van der Waals surface area contributed by atoms with Gasteiger partial charge >= 0.3 is 0 Å². The minimum Gasteiger partial charge on any atom is -0.358 e. The molecule has 0 unspecified atom stereocenters. The third-order valence-electron chi connectivity index (χ3n) is 5.20. The number of H-pyrrole nitrogens is 1. The number of aromatic amines is 1. The van der Waals surface area contributed by atoms with Crippen molar-refractivity contribution in [3.63, 3.8) is 0 Å². The number of aromatic nitrogens is 1. The molecule has 3 rings (SSSR count). The predicted molar refractivity (Wildman–Crippen MR) is 98.1 cm³/mol. The van der Waals surface area contributed by atoms with Crippen molar-refractivity contribution < 1.29 is 12.8 Å². The first-order valence-corrected chi connectivity index (χ1v) is 10.3. The van der Waals surface area contributed by atoms with Gasteiger partial charge in [-0.2, -0.15) is 17.4 Å². The van der Waals surface area contributed by atoms with E-state index in [1.165, 1.54) is 16.4 Å². The first kappa shape index (κ1) is 18.4. The Kier molecular flexibility index (Phi) is 5.18. The summed E-state index contributed by atoms with van der Waals surface area (Å²) in [6, 6.07) is 2.91. The van der Waals surface area contributed by atoms with Crippen LogP contribution in [0.5, 0.6) is 0 Å². The Morgan fingerprint density at radius 1 is 1.32 bits per heavy atom. The standard InChI is InChI=1S/C18H26FN3O2S/c1-4-17-13(3)16-10-15(19)9-14(18(16)21-17)11-20-25(23,24)22-7-5-12(2)6-8-22/h9-10,12,20-21H,4-8,11H2,1-3H3. The van der Waals surface area contributed by atoms with Crippen molar-refractivity contribution >= 4 is 21.1 Å². The summed E-state index contributed by atoms with van der Waals surface area (Å²) in [6.45, 7) is 7.28. The minimum atomic E-state index is -3.55. The number of piperidine rings is 1. The van der Waals surface area contributed by atoms with Crippen LogP contribution in [0.25, 0.3) is 10.9 Å². The lowest BCUT2D eigenvalue weighted by Crippen LogP contribution is -2.44. The third-order valence-corrected chi connectivity index (χ3v) is 6.75. The van der Waals surface area contributed by atoms with Crippen LogP contribution in [0.3, 0.4) is 0 Å². The smallest absolute Gasteiger partial charge is 0.279 e. The number of benzene rings is 1. The first-order valence-electron chi connectivity index (χ1n) is 8.86. The topological polar surface area (TPSA) is 65.2 Å². The minimum absolute atomic E-state index is 0.0752. The highest BCUT2D eigenvalue weighted by Gasteiger charge is 2.26. The molecule has 0 bridgehead atoms. The lowest BCUT2D eigenvalue weighted by Gasteiger charge is -2.29. The Bertz CT molecular complexity index is 868. The van der Waals surface area contributed by atoms with Crippen molar-refractivity contribution in [1.82, 2.24) is 14.0 Å². The zero-order chi connectivity index (χ0) is 18.2. The van der Waals surface area contributed by atoms with E-state index in [4.69, 9.17) is 0 Å². The highest BCUT2D eigenvalue weighted by atomic mass is 32.2. The Balaban J connectivity index is 1.83. The summed E-state index contributed by atoms with van der Waals surface area (Å²) in [6.07, 6.45) is 2.57. The summed E-state index contributed by atoms with van der Waals surface area (Å²) in [5, 5.41) is 0.817. The number of nitrogens with one attached hydrogen (secondary N) is 2. The van der Waals surface area contributed by atoms with E-state index in [1.54, 1.807) is 0 Å². The number of rotatable bonds is 5. The van der Waals surface area contributed by atoms with Crippen LogP contribution in [0.4, 0.5) is 4.39 Å². The van der Waals surface area contributed by atoms with Crippen molar-refractivity contribution in [3.8, 4) is 0 Å². The van der Waals surface area contributed by atoms with Crippen molar-refractivity contribution in [3.05, 3.63) is 34.8 Å². The first-order chi connectivity index (χ1) is 11.8. The summed E-state index contributed by atoms with van der Waals surface area (Å²) in [7, 11) is -3.55. The van der Waals surface area contributed by atoms with Crippen LogP contribution < -0.4 is 4.72 Å². The molecule has 138 valence electrons. The molecule has 0 aliphatic carbocycles. The molecule has 2 aromatic rings. The molecule has 1 aromatic carbocycles. The quantitative estimate of drug-likeness (QED) is 0.852. The molecule has 25 heavy (non-hydrogen) atoms. The van der Waals surface area contributed by atoms with Gasteiger partial charge in [-0.1, -0.05) is 13.8 Å². The third kappa shape index (κ3) is 3.73. The van der Waals surface area contributed by atoms with Crippen LogP contribution in [-0.2, 0) is 23.2 Å². The molecular weight excluding hydrogens is 341 g/mol. The molecule has 1 aromatic heterocycles. The molecule has 2 heterocycles. The molecule has 0 amide bonds. The van der Waals surface area contributed by atoms with Crippen molar-refractivity contribution in [2.75, 3.05) is 13.1 Å². The second-order valence-electron chi connectivity index (χ2n) is 6.98. The molecule has 2 N–H and O–H groups in total. The zero-order valence-electron chi connectivity index (χ0n) is 15.0. The van der Waals surface area contributed by atoms with Gasteiger partial charge in [-0.15, -0.1) is 0 Å². The van der Waals surface area contributed by atoms with Gasteiger partial charge in [-0.05, 0) is 55.4 Å². The normalized spacial score (nSPS) is 17.4.